The van der Waals surface area contributed by atoms with Crippen molar-refractivity contribution in [2.45, 2.75) is 6.10 Å². The SMILES string of the molecule is COc1cc(C(=O)N2CCOC(c3ccccc3F)C2)cc(OC)c1OC. The van der Waals surface area contributed by atoms with E-state index in [1.54, 1.807) is 35.2 Å². The first-order valence-corrected chi connectivity index (χ1v) is 8.54. The van der Waals surface area contributed by atoms with Gasteiger partial charge in [-0.05, 0) is 18.2 Å². The van der Waals surface area contributed by atoms with Gasteiger partial charge in [-0.15, -0.1) is 0 Å². The van der Waals surface area contributed by atoms with Crippen LogP contribution in [0.25, 0.3) is 0 Å². The van der Waals surface area contributed by atoms with Gasteiger partial charge in [0.25, 0.3) is 5.91 Å². The maximum atomic E-state index is 14.1. The van der Waals surface area contributed by atoms with Crippen molar-refractivity contribution in [2.24, 2.45) is 0 Å². The topological polar surface area (TPSA) is 57.2 Å². The molecule has 1 saturated heterocycles. The second kappa shape index (κ2) is 8.26. The molecule has 0 aliphatic carbocycles. The number of benzene rings is 2. The number of carbonyl (C=O) groups excluding carboxylic acids is 1. The number of rotatable bonds is 5. The third kappa shape index (κ3) is 3.83. The van der Waals surface area contributed by atoms with Crippen LogP contribution in [-0.4, -0.2) is 51.8 Å². The average molecular weight is 375 g/mol. The van der Waals surface area contributed by atoms with E-state index >= 15 is 0 Å². The van der Waals surface area contributed by atoms with Gasteiger partial charge in [0, 0.05) is 17.7 Å². The van der Waals surface area contributed by atoms with Crippen LogP contribution in [0.2, 0.25) is 0 Å². The highest BCUT2D eigenvalue weighted by molar-refractivity contribution is 5.95. The molecule has 1 aliphatic rings. The minimum absolute atomic E-state index is 0.209. The number of amides is 1. The molecule has 7 heteroatoms. The van der Waals surface area contributed by atoms with Gasteiger partial charge in [0.15, 0.2) is 11.5 Å². The lowest BCUT2D eigenvalue weighted by Crippen LogP contribution is -2.42. The van der Waals surface area contributed by atoms with Crippen molar-refractivity contribution < 1.29 is 28.1 Å². The van der Waals surface area contributed by atoms with Crippen molar-refractivity contribution in [2.75, 3.05) is 41.0 Å². The normalized spacial score (nSPS) is 16.7. The van der Waals surface area contributed by atoms with Gasteiger partial charge in [0.1, 0.15) is 11.9 Å². The Balaban J connectivity index is 1.86. The maximum Gasteiger partial charge on any atom is 0.254 e. The number of carbonyl (C=O) groups is 1. The highest BCUT2D eigenvalue weighted by Crippen LogP contribution is 2.38. The number of ether oxygens (including phenoxy) is 4. The first kappa shape index (κ1) is 19.0. The lowest BCUT2D eigenvalue weighted by molar-refractivity contribution is -0.0243. The Hall–Kier alpha value is -2.80. The Bertz CT molecular complexity index is 801. The van der Waals surface area contributed by atoms with E-state index in [0.717, 1.165) is 0 Å². The molecule has 2 aromatic rings. The van der Waals surface area contributed by atoms with Gasteiger partial charge in [-0.2, -0.15) is 0 Å². The Labute approximate surface area is 157 Å². The van der Waals surface area contributed by atoms with Crippen LogP contribution in [-0.2, 0) is 4.74 Å². The molecule has 0 saturated carbocycles. The third-order valence-corrected chi connectivity index (χ3v) is 4.52. The minimum atomic E-state index is -0.508. The summed E-state index contributed by atoms with van der Waals surface area (Å²) in [6.07, 6.45) is -0.508. The molecule has 1 heterocycles. The Morgan fingerprint density at radius 2 is 1.78 bits per heavy atom. The molecular formula is C20H22FNO5. The van der Waals surface area contributed by atoms with Crippen molar-refractivity contribution in [3.8, 4) is 17.2 Å². The van der Waals surface area contributed by atoms with Crippen molar-refractivity contribution in [1.29, 1.82) is 0 Å². The van der Waals surface area contributed by atoms with Crippen LogP contribution in [0.1, 0.15) is 22.0 Å². The first-order valence-electron chi connectivity index (χ1n) is 8.54. The molecule has 0 aromatic heterocycles. The summed E-state index contributed by atoms with van der Waals surface area (Å²) in [5, 5.41) is 0. The van der Waals surface area contributed by atoms with Crippen LogP contribution in [0, 0.1) is 5.82 Å². The van der Waals surface area contributed by atoms with E-state index in [1.807, 2.05) is 0 Å². The van der Waals surface area contributed by atoms with Gasteiger partial charge in [-0.1, -0.05) is 18.2 Å². The van der Waals surface area contributed by atoms with E-state index in [9.17, 15) is 9.18 Å². The minimum Gasteiger partial charge on any atom is -0.493 e. The molecular weight excluding hydrogens is 353 g/mol. The van der Waals surface area contributed by atoms with Crippen molar-refractivity contribution in [3.63, 3.8) is 0 Å². The molecule has 1 unspecified atom stereocenters. The van der Waals surface area contributed by atoms with E-state index in [0.29, 0.717) is 41.5 Å². The highest BCUT2D eigenvalue weighted by Gasteiger charge is 2.29. The molecule has 1 amide bonds. The van der Waals surface area contributed by atoms with Crippen molar-refractivity contribution >= 4 is 5.91 Å². The Morgan fingerprint density at radius 3 is 2.37 bits per heavy atom. The van der Waals surface area contributed by atoms with E-state index < -0.39 is 6.10 Å². The van der Waals surface area contributed by atoms with E-state index in [1.165, 1.54) is 27.4 Å². The number of halogens is 1. The molecule has 144 valence electrons. The summed E-state index contributed by atoms with van der Waals surface area (Å²) in [7, 11) is 4.49. The fourth-order valence-electron chi connectivity index (χ4n) is 3.15. The van der Waals surface area contributed by atoms with Crippen LogP contribution < -0.4 is 14.2 Å². The summed E-state index contributed by atoms with van der Waals surface area (Å²) >= 11 is 0. The molecule has 6 nitrogen and oxygen atoms in total. The van der Waals surface area contributed by atoms with E-state index in [4.69, 9.17) is 18.9 Å². The van der Waals surface area contributed by atoms with Crippen molar-refractivity contribution in [3.05, 3.63) is 53.3 Å². The molecule has 2 aromatic carbocycles. The van der Waals surface area contributed by atoms with Crippen LogP contribution >= 0.6 is 0 Å². The smallest absolute Gasteiger partial charge is 0.254 e. The lowest BCUT2D eigenvalue weighted by Gasteiger charge is -2.33. The predicted octanol–water partition coefficient (Wildman–Crippen LogP) is 3.07. The van der Waals surface area contributed by atoms with Gasteiger partial charge < -0.3 is 23.8 Å². The summed E-state index contributed by atoms with van der Waals surface area (Å²) in [5.74, 6) is 0.671. The predicted molar refractivity (Wildman–Crippen MR) is 97.1 cm³/mol. The molecule has 1 atom stereocenters. The van der Waals surface area contributed by atoms with Gasteiger partial charge in [-0.25, -0.2) is 4.39 Å². The van der Waals surface area contributed by atoms with Crippen LogP contribution in [0.15, 0.2) is 36.4 Å². The largest absolute Gasteiger partial charge is 0.493 e. The zero-order valence-electron chi connectivity index (χ0n) is 15.5. The standard InChI is InChI=1S/C20H22FNO5/c1-24-16-10-13(11-17(25-2)19(16)26-3)20(23)22-8-9-27-18(12-22)14-6-4-5-7-15(14)21/h4-7,10-11,18H,8-9,12H2,1-3H3. The van der Waals surface area contributed by atoms with Crippen LogP contribution in [0.4, 0.5) is 4.39 Å². The fourth-order valence-corrected chi connectivity index (χ4v) is 3.15. The number of morpholine rings is 1. The summed E-state index contributed by atoms with van der Waals surface area (Å²) in [4.78, 5) is 14.7. The number of nitrogens with zero attached hydrogens (tertiary/aromatic N) is 1. The number of hydrogen-bond donors (Lipinski definition) is 0. The van der Waals surface area contributed by atoms with E-state index in [2.05, 4.69) is 0 Å². The van der Waals surface area contributed by atoms with Gasteiger partial charge >= 0.3 is 0 Å². The van der Waals surface area contributed by atoms with Gasteiger partial charge in [0.2, 0.25) is 5.75 Å². The first-order chi connectivity index (χ1) is 13.1. The zero-order valence-corrected chi connectivity index (χ0v) is 15.5. The van der Waals surface area contributed by atoms with Gasteiger partial charge in [0.05, 0.1) is 34.5 Å². The second-order valence-electron chi connectivity index (χ2n) is 6.05. The monoisotopic (exact) mass is 375 g/mol. The van der Waals surface area contributed by atoms with Crippen molar-refractivity contribution in [1.82, 2.24) is 4.90 Å². The third-order valence-electron chi connectivity index (χ3n) is 4.52. The Morgan fingerprint density at radius 1 is 1.11 bits per heavy atom. The molecule has 0 bridgehead atoms. The maximum absolute atomic E-state index is 14.1. The summed E-state index contributed by atoms with van der Waals surface area (Å²) in [6, 6.07) is 9.66. The molecule has 0 N–H and O–H groups in total. The van der Waals surface area contributed by atoms with E-state index in [-0.39, 0.29) is 18.3 Å². The summed E-state index contributed by atoms with van der Waals surface area (Å²) in [6.45, 7) is 1.01. The highest BCUT2D eigenvalue weighted by atomic mass is 19.1. The summed E-state index contributed by atoms with van der Waals surface area (Å²) in [5.41, 5.74) is 0.846. The van der Waals surface area contributed by atoms with Gasteiger partial charge in [-0.3, -0.25) is 4.79 Å². The average Bonchev–Trinajstić information content (AvgIpc) is 2.72. The Kier molecular flexibility index (Phi) is 5.81. The fraction of sp³-hybridized carbons (Fsp3) is 0.350. The lowest BCUT2D eigenvalue weighted by atomic mass is 10.1. The second-order valence-corrected chi connectivity index (χ2v) is 6.05. The quantitative estimate of drug-likeness (QED) is 0.804. The molecule has 3 rings (SSSR count). The molecule has 1 fully saturated rings. The molecule has 27 heavy (non-hydrogen) atoms. The zero-order chi connectivity index (χ0) is 19.4. The summed E-state index contributed by atoms with van der Waals surface area (Å²) < 4.78 is 35.7. The number of hydrogen-bond acceptors (Lipinski definition) is 5. The van der Waals surface area contributed by atoms with Crippen LogP contribution in [0.3, 0.4) is 0 Å². The number of methoxy groups -OCH3 is 3. The molecule has 0 spiro atoms. The van der Waals surface area contributed by atoms with Crippen LogP contribution in [0.5, 0.6) is 17.2 Å². The molecule has 0 radical (unpaired) electrons. The molecule has 1 aliphatic heterocycles.